The molecule has 100 valence electrons. The van der Waals surface area contributed by atoms with Crippen LogP contribution in [0, 0.1) is 5.92 Å². The molecule has 1 unspecified atom stereocenters. The van der Waals surface area contributed by atoms with Crippen molar-refractivity contribution in [3.63, 3.8) is 0 Å². The number of para-hydroxylation sites is 1. The summed E-state index contributed by atoms with van der Waals surface area (Å²) in [4.78, 5) is 11.4. The number of carbonyl (C=O) groups excluding carboxylic acids is 1. The summed E-state index contributed by atoms with van der Waals surface area (Å²) in [5, 5.41) is 6.28. The van der Waals surface area contributed by atoms with Gasteiger partial charge >= 0.3 is 0 Å². The molecule has 1 amide bonds. The zero-order valence-electron chi connectivity index (χ0n) is 11.3. The first-order chi connectivity index (χ1) is 8.63. The molecule has 4 heteroatoms. The number of methoxy groups -OCH3 is 1. The van der Waals surface area contributed by atoms with Crippen LogP contribution in [0.5, 0.6) is 0 Å². The highest BCUT2D eigenvalue weighted by Crippen LogP contribution is 2.11. The van der Waals surface area contributed by atoms with E-state index in [1.165, 1.54) is 7.11 Å². The van der Waals surface area contributed by atoms with E-state index in [9.17, 15) is 4.79 Å². The molecule has 0 aliphatic rings. The van der Waals surface area contributed by atoms with Crippen LogP contribution in [-0.2, 0) is 9.53 Å². The number of benzene rings is 1. The van der Waals surface area contributed by atoms with Gasteiger partial charge < -0.3 is 15.4 Å². The van der Waals surface area contributed by atoms with E-state index < -0.39 is 0 Å². The molecular weight excluding hydrogens is 228 g/mol. The van der Waals surface area contributed by atoms with Crippen LogP contribution >= 0.6 is 0 Å². The van der Waals surface area contributed by atoms with E-state index in [1.54, 1.807) is 0 Å². The smallest absolute Gasteiger partial charge is 0.246 e. The van der Waals surface area contributed by atoms with Crippen molar-refractivity contribution in [2.24, 2.45) is 5.92 Å². The van der Waals surface area contributed by atoms with Gasteiger partial charge in [-0.15, -0.1) is 0 Å². The van der Waals surface area contributed by atoms with Crippen molar-refractivity contribution >= 4 is 11.6 Å². The van der Waals surface area contributed by atoms with Crippen molar-refractivity contribution in [1.29, 1.82) is 0 Å². The minimum Gasteiger partial charge on any atom is -0.380 e. The monoisotopic (exact) mass is 250 g/mol. The average Bonchev–Trinajstić information content (AvgIpc) is 2.35. The van der Waals surface area contributed by atoms with E-state index in [0.717, 1.165) is 5.69 Å². The van der Waals surface area contributed by atoms with E-state index >= 15 is 0 Å². The number of nitrogens with one attached hydrogen (secondary N) is 2. The van der Waals surface area contributed by atoms with E-state index in [1.807, 2.05) is 30.3 Å². The number of rotatable bonds is 7. The Morgan fingerprint density at radius 2 is 1.94 bits per heavy atom. The highest BCUT2D eigenvalue weighted by molar-refractivity contribution is 5.77. The third kappa shape index (κ3) is 5.19. The first kappa shape index (κ1) is 14.5. The van der Waals surface area contributed by atoms with E-state index in [4.69, 9.17) is 4.74 Å². The molecule has 1 atom stereocenters. The number of carbonyl (C=O) groups is 1. The molecule has 0 aliphatic carbocycles. The van der Waals surface area contributed by atoms with E-state index in [2.05, 4.69) is 24.5 Å². The Morgan fingerprint density at radius 3 is 2.50 bits per heavy atom. The maximum atomic E-state index is 11.4. The van der Waals surface area contributed by atoms with Crippen LogP contribution in [0.25, 0.3) is 0 Å². The molecule has 0 heterocycles. The Morgan fingerprint density at radius 1 is 1.28 bits per heavy atom. The third-order valence-electron chi connectivity index (χ3n) is 2.73. The highest BCUT2D eigenvalue weighted by Gasteiger charge is 2.14. The number of amides is 1. The van der Waals surface area contributed by atoms with Crippen LogP contribution in [0.3, 0.4) is 0 Å². The largest absolute Gasteiger partial charge is 0.380 e. The van der Waals surface area contributed by atoms with Gasteiger partial charge in [-0.3, -0.25) is 4.79 Å². The molecule has 0 bridgehead atoms. The second kappa shape index (κ2) is 7.71. The number of hydrogen-bond acceptors (Lipinski definition) is 3. The summed E-state index contributed by atoms with van der Waals surface area (Å²) < 4.78 is 4.78. The molecular formula is C14H22N2O2. The maximum Gasteiger partial charge on any atom is 0.246 e. The molecule has 0 saturated heterocycles. The van der Waals surface area contributed by atoms with E-state index in [0.29, 0.717) is 12.5 Å². The van der Waals surface area contributed by atoms with Crippen LogP contribution in [-0.4, -0.2) is 32.2 Å². The molecule has 1 aromatic rings. The lowest BCUT2D eigenvalue weighted by molar-refractivity contribution is -0.124. The number of hydrogen-bond donors (Lipinski definition) is 2. The molecule has 0 fully saturated rings. The highest BCUT2D eigenvalue weighted by atomic mass is 16.5. The van der Waals surface area contributed by atoms with Gasteiger partial charge in [0.05, 0.1) is 0 Å². The molecule has 2 N–H and O–H groups in total. The molecule has 0 saturated carbocycles. The quantitative estimate of drug-likeness (QED) is 0.777. The summed E-state index contributed by atoms with van der Waals surface area (Å²) in [5.41, 5.74) is 1.07. The minimum absolute atomic E-state index is 0.0852. The van der Waals surface area contributed by atoms with Crippen LogP contribution in [0.1, 0.15) is 13.8 Å². The Labute approximate surface area is 109 Å². The first-order valence-corrected chi connectivity index (χ1v) is 6.20. The average molecular weight is 250 g/mol. The van der Waals surface area contributed by atoms with Crippen molar-refractivity contribution in [3.8, 4) is 0 Å². The fraction of sp³-hybridized carbons (Fsp3) is 0.500. The topological polar surface area (TPSA) is 50.4 Å². The Hall–Kier alpha value is -1.55. The zero-order chi connectivity index (χ0) is 13.4. The lowest BCUT2D eigenvalue weighted by Crippen LogP contribution is -2.40. The molecule has 0 aromatic heterocycles. The minimum atomic E-state index is -0.0852. The summed E-state index contributed by atoms with van der Waals surface area (Å²) in [6, 6.07) is 10.2. The van der Waals surface area contributed by atoms with Crippen molar-refractivity contribution in [1.82, 2.24) is 5.32 Å². The molecule has 1 rings (SSSR count). The molecule has 4 nitrogen and oxygen atoms in total. The van der Waals surface area contributed by atoms with Crippen molar-refractivity contribution in [2.75, 3.05) is 25.6 Å². The van der Waals surface area contributed by atoms with Crippen LogP contribution in [0.15, 0.2) is 30.3 Å². The second-order valence-corrected chi connectivity index (χ2v) is 4.60. The normalized spacial score (nSPS) is 12.2. The first-order valence-electron chi connectivity index (χ1n) is 6.20. The number of anilines is 1. The fourth-order valence-electron chi connectivity index (χ4n) is 1.61. The molecule has 0 radical (unpaired) electrons. The van der Waals surface area contributed by atoms with Crippen molar-refractivity contribution in [3.05, 3.63) is 30.3 Å². The van der Waals surface area contributed by atoms with Crippen molar-refractivity contribution in [2.45, 2.75) is 19.9 Å². The summed E-state index contributed by atoms with van der Waals surface area (Å²) in [6.45, 7) is 4.96. The third-order valence-corrected chi connectivity index (χ3v) is 2.73. The SMILES string of the molecule is COCC(=O)NCC(Nc1ccccc1)C(C)C. The van der Waals surface area contributed by atoms with Gasteiger partial charge in [-0.25, -0.2) is 0 Å². The van der Waals surface area contributed by atoms with Gasteiger partial charge in [-0.2, -0.15) is 0 Å². The van der Waals surface area contributed by atoms with Crippen LogP contribution in [0.2, 0.25) is 0 Å². The maximum absolute atomic E-state index is 11.4. The van der Waals surface area contributed by atoms with Crippen LogP contribution in [0.4, 0.5) is 5.69 Å². The predicted molar refractivity (Wildman–Crippen MR) is 73.6 cm³/mol. The lowest BCUT2D eigenvalue weighted by Gasteiger charge is -2.24. The predicted octanol–water partition coefficient (Wildman–Crippen LogP) is 1.89. The Bertz CT molecular complexity index is 352. The summed E-state index contributed by atoms with van der Waals surface area (Å²) in [6.07, 6.45) is 0. The summed E-state index contributed by atoms with van der Waals surface area (Å²) >= 11 is 0. The standard InChI is InChI=1S/C14H22N2O2/c1-11(2)13(9-15-14(17)10-18-3)16-12-7-5-4-6-8-12/h4-8,11,13,16H,9-10H2,1-3H3,(H,15,17). The molecule has 0 spiro atoms. The summed E-state index contributed by atoms with van der Waals surface area (Å²) in [5.74, 6) is 0.339. The summed E-state index contributed by atoms with van der Waals surface area (Å²) in [7, 11) is 1.52. The molecule has 18 heavy (non-hydrogen) atoms. The van der Waals surface area contributed by atoms with Gasteiger partial charge in [0, 0.05) is 25.4 Å². The second-order valence-electron chi connectivity index (χ2n) is 4.60. The van der Waals surface area contributed by atoms with Gasteiger partial charge in [0.1, 0.15) is 6.61 Å². The van der Waals surface area contributed by atoms with Gasteiger partial charge in [-0.05, 0) is 18.1 Å². The van der Waals surface area contributed by atoms with Gasteiger partial charge in [0.25, 0.3) is 0 Å². The fourth-order valence-corrected chi connectivity index (χ4v) is 1.61. The van der Waals surface area contributed by atoms with E-state index in [-0.39, 0.29) is 18.6 Å². The van der Waals surface area contributed by atoms with Gasteiger partial charge in [0.2, 0.25) is 5.91 Å². The Balaban J connectivity index is 2.48. The number of ether oxygens (including phenoxy) is 1. The van der Waals surface area contributed by atoms with Crippen LogP contribution < -0.4 is 10.6 Å². The Kier molecular flexibility index (Phi) is 6.22. The van der Waals surface area contributed by atoms with Crippen molar-refractivity contribution < 1.29 is 9.53 Å². The van der Waals surface area contributed by atoms with Gasteiger partial charge in [0.15, 0.2) is 0 Å². The van der Waals surface area contributed by atoms with Gasteiger partial charge in [-0.1, -0.05) is 32.0 Å². The lowest BCUT2D eigenvalue weighted by atomic mass is 10.0. The molecule has 0 aliphatic heterocycles. The molecule has 1 aromatic carbocycles. The zero-order valence-corrected chi connectivity index (χ0v) is 11.3.